The number of para-hydroxylation sites is 1. The quantitative estimate of drug-likeness (QED) is 0.819. The van der Waals surface area contributed by atoms with Crippen molar-refractivity contribution in [2.75, 3.05) is 0 Å². The molecule has 7 nitrogen and oxygen atoms in total. The lowest BCUT2D eigenvalue weighted by Gasteiger charge is -2.10. The first-order valence-corrected chi connectivity index (χ1v) is 9.22. The molecule has 1 aromatic carbocycles. The predicted molar refractivity (Wildman–Crippen MR) is 85.2 cm³/mol. The van der Waals surface area contributed by atoms with Crippen molar-refractivity contribution in [2.45, 2.75) is 37.7 Å². The predicted octanol–water partition coefficient (Wildman–Crippen LogP) is 2.50. The molecule has 0 saturated heterocycles. The molecule has 1 heterocycles. The minimum absolute atomic E-state index is 0.0172. The van der Waals surface area contributed by atoms with E-state index < -0.39 is 28.5 Å². The number of ether oxygens (including phenoxy) is 1. The van der Waals surface area contributed by atoms with Crippen LogP contribution in [0.3, 0.4) is 0 Å². The minimum atomic E-state index is -4.12. The zero-order chi connectivity index (χ0) is 19.1. The highest BCUT2D eigenvalue weighted by molar-refractivity contribution is 7.90. The van der Waals surface area contributed by atoms with Crippen molar-refractivity contribution in [3.05, 3.63) is 41.3 Å². The van der Waals surface area contributed by atoms with E-state index in [4.69, 9.17) is 4.52 Å². The van der Waals surface area contributed by atoms with E-state index in [1.165, 1.54) is 19.9 Å². The zero-order valence-corrected chi connectivity index (χ0v) is 14.7. The van der Waals surface area contributed by atoms with E-state index in [-0.39, 0.29) is 28.0 Å². The highest BCUT2D eigenvalue weighted by atomic mass is 32.2. The van der Waals surface area contributed by atoms with Gasteiger partial charge < -0.3 is 9.26 Å². The van der Waals surface area contributed by atoms with Gasteiger partial charge >= 0.3 is 6.61 Å². The van der Waals surface area contributed by atoms with Gasteiger partial charge in [0.2, 0.25) is 5.91 Å². The summed E-state index contributed by atoms with van der Waals surface area (Å²) >= 11 is 0. The number of amides is 1. The number of nitrogens with one attached hydrogen (secondary N) is 1. The van der Waals surface area contributed by atoms with Crippen molar-refractivity contribution in [2.24, 2.45) is 5.92 Å². The summed E-state index contributed by atoms with van der Waals surface area (Å²) in [6.45, 7) is -0.105. The van der Waals surface area contributed by atoms with Crippen LogP contribution in [0.5, 0.6) is 5.75 Å². The summed E-state index contributed by atoms with van der Waals surface area (Å²) in [7, 11) is -4.12. The number of halogens is 2. The van der Waals surface area contributed by atoms with Gasteiger partial charge in [0.05, 0.1) is 0 Å². The summed E-state index contributed by atoms with van der Waals surface area (Å²) in [6.07, 6.45) is 0.340. The number of aryl methyl sites for hydroxylation is 2. The third-order valence-electron chi connectivity index (χ3n) is 4.13. The topological polar surface area (TPSA) is 98.5 Å². The molecular formula is C16H16F2N2O5S. The fourth-order valence-corrected chi connectivity index (χ4v) is 4.30. The van der Waals surface area contributed by atoms with Gasteiger partial charge in [-0.2, -0.15) is 8.78 Å². The Kier molecular flexibility index (Phi) is 4.70. The number of hydrogen-bond acceptors (Lipinski definition) is 6. The molecule has 2 unspecified atom stereocenters. The van der Waals surface area contributed by atoms with E-state index in [0.29, 0.717) is 12.0 Å². The van der Waals surface area contributed by atoms with Crippen molar-refractivity contribution in [1.29, 1.82) is 0 Å². The average Bonchev–Trinajstić information content (AvgIpc) is 3.26. The lowest BCUT2D eigenvalue weighted by molar-refractivity contribution is -0.120. The van der Waals surface area contributed by atoms with Crippen LogP contribution in [0, 0.1) is 19.8 Å². The van der Waals surface area contributed by atoms with Crippen molar-refractivity contribution >= 4 is 15.9 Å². The van der Waals surface area contributed by atoms with Crippen molar-refractivity contribution in [3.8, 4) is 5.75 Å². The number of carbonyl (C=O) groups excluding carboxylic acids is 1. The molecule has 1 saturated carbocycles. The summed E-state index contributed by atoms with van der Waals surface area (Å²) in [4.78, 5) is 12.1. The maximum Gasteiger partial charge on any atom is 0.387 e. The Labute approximate surface area is 148 Å². The molecule has 0 bridgehead atoms. The summed E-state index contributed by atoms with van der Waals surface area (Å²) in [5.41, 5.74) is 0.591. The minimum Gasteiger partial charge on any atom is -0.435 e. The number of sulfonamides is 1. The van der Waals surface area contributed by atoms with Crippen molar-refractivity contribution < 1.29 is 31.3 Å². The summed E-state index contributed by atoms with van der Waals surface area (Å²) < 4.78 is 61.0. The molecule has 1 N–H and O–H groups in total. The zero-order valence-electron chi connectivity index (χ0n) is 13.9. The maximum atomic E-state index is 12.5. The van der Waals surface area contributed by atoms with Gasteiger partial charge in [-0.1, -0.05) is 23.4 Å². The van der Waals surface area contributed by atoms with Crippen LogP contribution in [0.1, 0.15) is 29.4 Å². The highest BCUT2D eigenvalue weighted by Gasteiger charge is 2.47. The molecule has 1 aliphatic rings. The van der Waals surface area contributed by atoms with Gasteiger partial charge in [-0.3, -0.25) is 4.79 Å². The largest absolute Gasteiger partial charge is 0.435 e. The van der Waals surface area contributed by atoms with E-state index in [1.807, 2.05) is 4.72 Å². The fourth-order valence-electron chi connectivity index (χ4n) is 2.94. The van der Waals surface area contributed by atoms with Crippen LogP contribution < -0.4 is 9.46 Å². The van der Waals surface area contributed by atoms with E-state index in [2.05, 4.69) is 9.89 Å². The van der Waals surface area contributed by atoms with Crippen LogP contribution in [0.2, 0.25) is 0 Å². The first kappa shape index (κ1) is 18.3. The van der Waals surface area contributed by atoms with Gasteiger partial charge in [0.25, 0.3) is 10.0 Å². The van der Waals surface area contributed by atoms with Crippen LogP contribution in [0.4, 0.5) is 8.78 Å². The van der Waals surface area contributed by atoms with E-state index >= 15 is 0 Å². The molecule has 1 fully saturated rings. The Morgan fingerprint density at radius 2 is 2.04 bits per heavy atom. The van der Waals surface area contributed by atoms with Gasteiger partial charge in [0.1, 0.15) is 11.4 Å². The highest BCUT2D eigenvalue weighted by Crippen LogP contribution is 2.50. The van der Waals surface area contributed by atoms with E-state index in [1.54, 1.807) is 18.2 Å². The van der Waals surface area contributed by atoms with Crippen LogP contribution in [-0.2, 0) is 14.8 Å². The smallest absolute Gasteiger partial charge is 0.387 e. The fraction of sp³-hybridized carbons (Fsp3) is 0.375. The second kappa shape index (κ2) is 6.67. The molecule has 1 aromatic heterocycles. The van der Waals surface area contributed by atoms with Gasteiger partial charge in [-0.05, 0) is 37.8 Å². The van der Waals surface area contributed by atoms with Crippen LogP contribution >= 0.6 is 0 Å². The number of alkyl halides is 2. The normalized spacial score (nSPS) is 19.4. The van der Waals surface area contributed by atoms with E-state index in [0.717, 1.165) is 0 Å². The number of hydrogen-bond donors (Lipinski definition) is 1. The van der Waals surface area contributed by atoms with Crippen molar-refractivity contribution in [1.82, 2.24) is 9.88 Å². The molecule has 1 amide bonds. The number of rotatable bonds is 6. The lowest BCUT2D eigenvalue weighted by atomic mass is 10.1. The molecule has 0 spiro atoms. The molecule has 1 aliphatic carbocycles. The number of aromatic nitrogens is 1. The SMILES string of the molecule is Cc1noc(C)c1S(=O)(=O)NC(=O)C1CC1c1ccccc1OC(F)F. The molecule has 2 atom stereocenters. The lowest BCUT2D eigenvalue weighted by Crippen LogP contribution is -2.32. The molecule has 3 rings (SSSR count). The Morgan fingerprint density at radius 1 is 1.35 bits per heavy atom. The molecule has 2 aromatic rings. The van der Waals surface area contributed by atoms with Gasteiger partial charge in [0.15, 0.2) is 10.7 Å². The Balaban J connectivity index is 1.74. The molecule has 10 heteroatoms. The Morgan fingerprint density at radius 3 is 2.65 bits per heavy atom. The summed E-state index contributed by atoms with van der Waals surface area (Å²) in [6, 6.07) is 6.15. The first-order valence-electron chi connectivity index (χ1n) is 7.74. The number of nitrogens with zero attached hydrogens (tertiary/aromatic N) is 1. The second-order valence-electron chi connectivity index (χ2n) is 5.99. The third-order valence-corrected chi connectivity index (χ3v) is 5.72. The second-order valence-corrected chi connectivity index (χ2v) is 7.61. The van der Waals surface area contributed by atoms with E-state index in [9.17, 15) is 22.0 Å². The standard InChI is InChI=1S/C16H16F2N2O5S/c1-8-14(9(2)25-19-8)26(22,23)20-15(21)12-7-11(12)10-5-3-4-6-13(10)24-16(17)18/h3-6,11-12,16H,7H2,1-2H3,(H,20,21). The maximum absolute atomic E-state index is 12.5. The number of carbonyl (C=O) groups is 1. The van der Waals surface area contributed by atoms with Crippen LogP contribution in [0.25, 0.3) is 0 Å². The average molecular weight is 386 g/mol. The molecule has 0 aliphatic heterocycles. The van der Waals surface area contributed by atoms with Crippen molar-refractivity contribution in [3.63, 3.8) is 0 Å². The number of benzene rings is 1. The van der Waals surface area contributed by atoms with Gasteiger partial charge in [0, 0.05) is 5.92 Å². The Bertz CT molecular complexity index is 922. The molecule has 0 radical (unpaired) electrons. The molecule has 26 heavy (non-hydrogen) atoms. The molecule has 140 valence electrons. The third kappa shape index (κ3) is 3.55. The summed E-state index contributed by atoms with van der Waals surface area (Å²) in [5.74, 6) is -1.68. The van der Waals surface area contributed by atoms with Gasteiger partial charge in [-0.25, -0.2) is 13.1 Å². The van der Waals surface area contributed by atoms with Crippen LogP contribution in [-0.4, -0.2) is 26.1 Å². The summed E-state index contributed by atoms with van der Waals surface area (Å²) in [5, 5.41) is 3.56. The molecular weight excluding hydrogens is 370 g/mol. The van der Waals surface area contributed by atoms with Crippen LogP contribution in [0.15, 0.2) is 33.7 Å². The first-order chi connectivity index (χ1) is 12.2. The van der Waals surface area contributed by atoms with Gasteiger partial charge in [-0.15, -0.1) is 0 Å². The monoisotopic (exact) mass is 386 g/mol. The Hall–Kier alpha value is -2.49.